The first kappa shape index (κ1) is 32.1. The van der Waals surface area contributed by atoms with Crippen molar-refractivity contribution >= 4 is 29.4 Å². The van der Waals surface area contributed by atoms with Crippen molar-refractivity contribution < 1.29 is 23.9 Å². The van der Waals surface area contributed by atoms with Crippen LogP contribution in [-0.4, -0.2) is 115 Å². The summed E-state index contributed by atoms with van der Waals surface area (Å²) in [4.78, 5) is 48.5. The first-order valence-corrected chi connectivity index (χ1v) is 16.8. The predicted octanol–water partition coefficient (Wildman–Crippen LogP) is 3.81. The van der Waals surface area contributed by atoms with Crippen molar-refractivity contribution in [3.63, 3.8) is 0 Å². The molecule has 11 nitrogen and oxygen atoms in total. The molecule has 4 aliphatic rings. The third-order valence-electron chi connectivity index (χ3n) is 10.2. The number of para-hydroxylation sites is 1. The third-order valence-corrected chi connectivity index (χ3v) is 10.2. The van der Waals surface area contributed by atoms with Gasteiger partial charge in [-0.05, 0) is 74.3 Å². The van der Waals surface area contributed by atoms with E-state index in [1.807, 2.05) is 54.0 Å². The lowest BCUT2D eigenvalue weighted by atomic mass is 9.99. The number of nitrogens with one attached hydrogen (secondary N) is 1. The zero-order valence-corrected chi connectivity index (χ0v) is 27.2. The number of ether oxygens (including phenoxy) is 2. The van der Waals surface area contributed by atoms with Crippen LogP contribution in [-0.2, 0) is 27.1 Å². The van der Waals surface area contributed by atoms with Gasteiger partial charge in [-0.3, -0.25) is 9.69 Å². The van der Waals surface area contributed by atoms with Gasteiger partial charge in [0.2, 0.25) is 0 Å². The third kappa shape index (κ3) is 7.25. The van der Waals surface area contributed by atoms with Crippen LogP contribution in [0.25, 0.3) is 0 Å². The van der Waals surface area contributed by atoms with E-state index in [1.165, 1.54) is 0 Å². The number of carbonyl (C=O) groups excluding carboxylic acids is 3. The molecule has 0 aliphatic carbocycles. The monoisotopic (exact) mass is 632 g/mol. The molecule has 0 radical (unpaired) electrons. The molecule has 4 heterocycles. The van der Waals surface area contributed by atoms with Crippen LogP contribution in [0, 0.1) is 13.8 Å². The van der Waals surface area contributed by atoms with Crippen molar-refractivity contribution in [3.8, 4) is 0 Å². The second-order valence-corrected chi connectivity index (χ2v) is 13.2. The number of rotatable bonds is 6. The molecule has 3 N–H and O–H groups in total. The summed E-state index contributed by atoms with van der Waals surface area (Å²) in [6, 6.07) is 12.3. The number of benzene rings is 2. The fourth-order valence-corrected chi connectivity index (χ4v) is 7.43. The summed E-state index contributed by atoms with van der Waals surface area (Å²) in [7, 11) is 0. The first-order chi connectivity index (χ1) is 22.3. The Hall–Kier alpha value is -3.83. The summed E-state index contributed by atoms with van der Waals surface area (Å²) in [6.07, 6.45) is 3.02. The van der Waals surface area contributed by atoms with Crippen LogP contribution in [0.4, 0.5) is 21.0 Å². The van der Waals surface area contributed by atoms with Crippen molar-refractivity contribution in [1.29, 1.82) is 0 Å². The normalized spacial score (nSPS) is 20.9. The van der Waals surface area contributed by atoms with Crippen LogP contribution in [0.1, 0.15) is 47.9 Å². The van der Waals surface area contributed by atoms with E-state index in [0.29, 0.717) is 51.6 Å². The van der Waals surface area contributed by atoms with E-state index in [2.05, 4.69) is 16.3 Å². The van der Waals surface area contributed by atoms with Gasteiger partial charge in [0.1, 0.15) is 0 Å². The lowest BCUT2D eigenvalue weighted by Crippen LogP contribution is -2.56. The molecule has 11 heteroatoms. The topological polar surface area (TPSA) is 121 Å². The number of hydrogen-bond donors (Lipinski definition) is 2. The molecule has 0 spiro atoms. The van der Waals surface area contributed by atoms with Gasteiger partial charge in [0.15, 0.2) is 6.10 Å². The summed E-state index contributed by atoms with van der Waals surface area (Å²) in [5.74, 6) is -0.150. The minimum Gasteiger partial charge on any atom is -0.436 e. The van der Waals surface area contributed by atoms with Crippen LogP contribution >= 0.6 is 0 Å². The lowest BCUT2D eigenvalue weighted by Gasteiger charge is -2.41. The highest BCUT2D eigenvalue weighted by Gasteiger charge is 2.36. The summed E-state index contributed by atoms with van der Waals surface area (Å²) in [5, 5.41) is 3.05. The number of urea groups is 1. The fraction of sp³-hybridized carbons (Fsp3) is 0.571. The average molecular weight is 633 g/mol. The van der Waals surface area contributed by atoms with Gasteiger partial charge in [0.25, 0.3) is 5.91 Å². The molecule has 248 valence electrons. The van der Waals surface area contributed by atoms with Gasteiger partial charge in [-0.25, -0.2) is 9.59 Å². The van der Waals surface area contributed by atoms with E-state index < -0.39 is 12.2 Å². The number of piperidine rings is 1. The standard InChI is InChI=1S/C35H48N6O5/c1-24-21-26(22-25(2)32(24)36)23-31(33(42)39-17-15-38(16-18-39)28-10-19-45-20-11-28)46-35(44)40-12-8-29(9-13-40)41-14-7-27-5-3-4-6-30(27)37-34(41)43/h3-6,21-22,28-29,31H,7-20,23,36H2,1-2H3,(H,37,43). The number of hydrogen-bond acceptors (Lipinski definition) is 7. The Morgan fingerprint density at radius 1 is 0.913 bits per heavy atom. The van der Waals surface area contributed by atoms with Crippen LogP contribution in [0.5, 0.6) is 0 Å². The van der Waals surface area contributed by atoms with Gasteiger partial charge >= 0.3 is 12.1 Å². The average Bonchev–Trinajstić information content (AvgIpc) is 3.25. The van der Waals surface area contributed by atoms with Crippen LogP contribution in [0.3, 0.4) is 0 Å². The zero-order chi connectivity index (χ0) is 32.2. The molecular weight excluding hydrogens is 584 g/mol. The SMILES string of the molecule is Cc1cc(CC(OC(=O)N2CCC(N3CCc4ccccc4NC3=O)CC2)C(=O)N2CCN(C3CCOCC3)CC2)cc(C)c1N. The second-order valence-electron chi connectivity index (χ2n) is 13.2. The molecule has 0 saturated carbocycles. The van der Waals surface area contributed by atoms with Gasteiger partial charge in [-0.2, -0.15) is 0 Å². The minimum atomic E-state index is -0.933. The van der Waals surface area contributed by atoms with Gasteiger partial charge in [0.05, 0.1) is 0 Å². The summed E-state index contributed by atoms with van der Waals surface area (Å²) in [6.45, 7) is 9.88. The van der Waals surface area contributed by atoms with Crippen LogP contribution in [0.2, 0.25) is 0 Å². The molecule has 4 amide bonds. The largest absolute Gasteiger partial charge is 0.436 e. The Morgan fingerprint density at radius 3 is 2.28 bits per heavy atom. The maximum Gasteiger partial charge on any atom is 0.410 e. The molecule has 6 rings (SSSR count). The number of likely N-dealkylation sites (tertiary alicyclic amines) is 1. The lowest BCUT2D eigenvalue weighted by molar-refractivity contribution is -0.143. The Bertz CT molecular complexity index is 1390. The molecule has 1 atom stereocenters. The number of amides is 4. The Kier molecular flexibility index (Phi) is 9.98. The highest BCUT2D eigenvalue weighted by atomic mass is 16.6. The molecule has 0 aromatic heterocycles. The van der Waals surface area contributed by atoms with Crippen molar-refractivity contribution in [1.82, 2.24) is 19.6 Å². The number of fused-ring (bicyclic) bond motifs is 1. The second kappa shape index (κ2) is 14.3. The number of nitrogens with zero attached hydrogens (tertiary/aromatic N) is 4. The van der Waals surface area contributed by atoms with Crippen molar-refractivity contribution in [2.24, 2.45) is 0 Å². The van der Waals surface area contributed by atoms with E-state index in [9.17, 15) is 14.4 Å². The molecule has 3 fully saturated rings. The number of aryl methyl sites for hydroxylation is 2. The number of anilines is 2. The van der Waals surface area contributed by atoms with Gasteiger partial charge in [0, 0.05) is 88.9 Å². The van der Waals surface area contributed by atoms with Crippen molar-refractivity contribution in [3.05, 3.63) is 58.7 Å². The number of nitrogen functional groups attached to an aromatic ring is 1. The molecule has 46 heavy (non-hydrogen) atoms. The number of carbonyl (C=O) groups is 3. The van der Waals surface area contributed by atoms with Gasteiger partial charge in [-0.15, -0.1) is 0 Å². The van der Waals surface area contributed by atoms with Crippen LogP contribution in [0.15, 0.2) is 36.4 Å². The van der Waals surface area contributed by atoms with E-state index >= 15 is 0 Å². The maximum absolute atomic E-state index is 14.0. The highest BCUT2D eigenvalue weighted by molar-refractivity contribution is 5.91. The van der Waals surface area contributed by atoms with E-state index in [4.69, 9.17) is 15.2 Å². The Labute approximate surface area is 271 Å². The molecule has 0 bridgehead atoms. The summed E-state index contributed by atoms with van der Waals surface area (Å²) in [5.41, 5.74) is 11.7. The fourth-order valence-electron chi connectivity index (χ4n) is 7.43. The quantitative estimate of drug-likeness (QED) is 0.465. The molecule has 2 aromatic rings. The summed E-state index contributed by atoms with van der Waals surface area (Å²) >= 11 is 0. The summed E-state index contributed by atoms with van der Waals surface area (Å²) < 4.78 is 11.6. The van der Waals surface area contributed by atoms with Gasteiger partial charge < -0.3 is 35.2 Å². The Balaban J connectivity index is 1.09. The van der Waals surface area contributed by atoms with Gasteiger partial charge in [-0.1, -0.05) is 30.3 Å². The number of nitrogens with two attached hydrogens (primary N) is 1. The maximum atomic E-state index is 14.0. The minimum absolute atomic E-state index is 0.0311. The molecule has 1 unspecified atom stereocenters. The van der Waals surface area contributed by atoms with E-state index in [-0.39, 0.29) is 24.4 Å². The molecular formula is C35H48N6O5. The Morgan fingerprint density at radius 2 is 1.59 bits per heavy atom. The highest BCUT2D eigenvalue weighted by Crippen LogP contribution is 2.26. The van der Waals surface area contributed by atoms with E-state index in [0.717, 1.165) is 79.2 Å². The van der Waals surface area contributed by atoms with E-state index in [1.54, 1.807) is 4.90 Å². The smallest absolute Gasteiger partial charge is 0.410 e. The molecule has 4 aliphatic heterocycles. The van der Waals surface area contributed by atoms with Crippen molar-refractivity contribution in [2.75, 3.05) is 70.1 Å². The molecule has 2 aromatic carbocycles. The molecule has 3 saturated heterocycles. The first-order valence-electron chi connectivity index (χ1n) is 16.8. The van der Waals surface area contributed by atoms with Crippen LogP contribution < -0.4 is 11.1 Å². The number of piperazine rings is 1. The zero-order valence-electron chi connectivity index (χ0n) is 27.2. The predicted molar refractivity (Wildman–Crippen MR) is 177 cm³/mol. The van der Waals surface area contributed by atoms with Crippen molar-refractivity contribution in [2.45, 2.75) is 70.6 Å².